The molecule has 1 aromatic carbocycles. The van der Waals surface area contributed by atoms with Gasteiger partial charge in [-0.15, -0.1) is 0 Å². The van der Waals surface area contributed by atoms with Gasteiger partial charge in [0.05, 0.1) is 5.57 Å². The van der Waals surface area contributed by atoms with Gasteiger partial charge in [0.25, 0.3) is 0 Å². The first-order valence-electron chi connectivity index (χ1n) is 5.49. The van der Waals surface area contributed by atoms with E-state index in [9.17, 15) is 9.59 Å². The van der Waals surface area contributed by atoms with Crippen LogP contribution in [0.15, 0.2) is 36.7 Å². The Kier molecular flexibility index (Phi) is 3.47. The summed E-state index contributed by atoms with van der Waals surface area (Å²) < 4.78 is 0. The molecular formula is C14H11NO4. The molecule has 2 rings (SSSR count). The normalized spacial score (nSPS) is 13.4. The molecule has 0 aromatic heterocycles. The van der Waals surface area contributed by atoms with Gasteiger partial charge >= 0.3 is 11.9 Å². The molecule has 0 fully saturated rings. The van der Waals surface area contributed by atoms with Crippen molar-refractivity contribution < 1.29 is 19.8 Å². The minimum Gasteiger partial charge on any atom is -0.478 e. The van der Waals surface area contributed by atoms with E-state index in [1.165, 1.54) is 0 Å². The van der Waals surface area contributed by atoms with E-state index < -0.39 is 11.9 Å². The lowest BCUT2D eigenvalue weighted by Crippen LogP contribution is -2.03. The van der Waals surface area contributed by atoms with Crippen molar-refractivity contribution in [2.45, 2.75) is 0 Å². The molecule has 0 spiro atoms. The lowest BCUT2D eigenvalue weighted by atomic mass is 9.99. The summed E-state index contributed by atoms with van der Waals surface area (Å²) in [6, 6.07) is 4.98. The van der Waals surface area contributed by atoms with E-state index in [1.54, 1.807) is 36.7 Å². The number of carboxylic acids is 2. The lowest BCUT2D eigenvalue weighted by molar-refractivity contribution is -0.133. The van der Waals surface area contributed by atoms with Crippen LogP contribution in [0.5, 0.6) is 0 Å². The fraction of sp³-hybridized carbons (Fsp3) is 0. The van der Waals surface area contributed by atoms with Crippen molar-refractivity contribution in [3.05, 3.63) is 53.4 Å². The van der Waals surface area contributed by atoms with Crippen molar-refractivity contribution in [3.8, 4) is 0 Å². The number of aliphatic carboxylic acids is 2. The summed E-state index contributed by atoms with van der Waals surface area (Å²) in [5.74, 6) is -2.56. The molecule has 0 unspecified atom stereocenters. The van der Waals surface area contributed by atoms with Crippen LogP contribution in [0.25, 0.3) is 17.7 Å². The number of hydrogen-bond acceptors (Lipinski definition) is 3. The van der Waals surface area contributed by atoms with Gasteiger partial charge in [0.1, 0.15) is 0 Å². The number of nitrogens with one attached hydrogen (secondary N) is 1. The van der Waals surface area contributed by atoms with E-state index in [1.807, 2.05) is 6.08 Å². The highest BCUT2D eigenvalue weighted by molar-refractivity contribution is 6.19. The molecule has 1 heterocycles. The van der Waals surface area contributed by atoms with Gasteiger partial charge in [0, 0.05) is 18.5 Å². The van der Waals surface area contributed by atoms with Crippen LogP contribution in [0, 0.1) is 0 Å². The molecule has 3 N–H and O–H groups in total. The summed E-state index contributed by atoms with van der Waals surface area (Å²) >= 11 is 0. The summed E-state index contributed by atoms with van der Waals surface area (Å²) in [5.41, 5.74) is 1.85. The zero-order valence-electron chi connectivity index (χ0n) is 9.83. The molecule has 5 nitrogen and oxygen atoms in total. The second-order valence-electron chi connectivity index (χ2n) is 3.88. The van der Waals surface area contributed by atoms with Gasteiger partial charge in [-0.05, 0) is 34.9 Å². The second-order valence-corrected chi connectivity index (χ2v) is 3.88. The molecule has 1 aromatic rings. The molecule has 5 heteroatoms. The fourth-order valence-corrected chi connectivity index (χ4v) is 1.76. The van der Waals surface area contributed by atoms with E-state index in [-0.39, 0.29) is 5.57 Å². The maximum Gasteiger partial charge on any atom is 0.336 e. The topological polar surface area (TPSA) is 86.6 Å². The van der Waals surface area contributed by atoms with E-state index in [0.29, 0.717) is 11.6 Å². The molecule has 19 heavy (non-hydrogen) atoms. The minimum absolute atomic E-state index is 0.245. The summed E-state index contributed by atoms with van der Waals surface area (Å²) in [6.07, 6.45) is 7.80. The van der Waals surface area contributed by atoms with Crippen molar-refractivity contribution in [3.63, 3.8) is 0 Å². The average molecular weight is 257 g/mol. The number of rotatable bonds is 3. The Morgan fingerprint density at radius 2 is 1.74 bits per heavy atom. The third-order valence-electron chi connectivity index (χ3n) is 2.61. The minimum atomic E-state index is -1.29. The van der Waals surface area contributed by atoms with E-state index in [4.69, 9.17) is 10.2 Å². The molecule has 1 aliphatic rings. The lowest BCUT2D eigenvalue weighted by Gasteiger charge is -2.06. The number of hydrogen-bond donors (Lipinski definition) is 3. The quantitative estimate of drug-likeness (QED) is 0.718. The smallest absolute Gasteiger partial charge is 0.336 e. The Balaban J connectivity index is 2.52. The van der Waals surface area contributed by atoms with Crippen LogP contribution < -0.4 is 5.32 Å². The van der Waals surface area contributed by atoms with Gasteiger partial charge in [0.2, 0.25) is 0 Å². The molecular weight excluding hydrogens is 246 g/mol. The zero-order valence-corrected chi connectivity index (χ0v) is 9.83. The Bertz CT molecular complexity index is 626. The van der Waals surface area contributed by atoms with Crippen molar-refractivity contribution >= 4 is 29.7 Å². The summed E-state index contributed by atoms with van der Waals surface area (Å²) in [7, 11) is 0. The van der Waals surface area contributed by atoms with E-state index in [2.05, 4.69) is 5.32 Å². The maximum absolute atomic E-state index is 11.1. The van der Waals surface area contributed by atoms with Crippen molar-refractivity contribution in [1.82, 2.24) is 5.32 Å². The number of carbonyl (C=O) groups is 2. The van der Waals surface area contributed by atoms with Crippen LogP contribution in [0.3, 0.4) is 0 Å². The molecule has 0 amide bonds. The molecule has 1 aliphatic heterocycles. The Morgan fingerprint density at radius 1 is 1.05 bits per heavy atom. The van der Waals surface area contributed by atoms with Gasteiger partial charge in [-0.2, -0.15) is 0 Å². The SMILES string of the molecule is O=C(O)/C=C(/C(=O)O)c1ccc2c(c1)C=CNC=C2. The highest BCUT2D eigenvalue weighted by atomic mass is 16.4. The maximum atomic E-state index is 11.1. The molecule has 0 bridgehead atoms. The van der Waals surface area contributed by atoms with Gasteiger partial charge in [0.15, 0.2) is 0 Å². The number of benzene rings is 1. The largest absolute Gasteiger partial charge is 0.478 e. The van der Waals surface area contributed by atoms with Crippen LogP contribution in [0.1, 0.15) is 16.7 Å². The van der Waals surface area contributed by atoms with Crippen LogP contribution in [0.4, 0.5) is 0 Å². The first-order valence-corrected chi connectivity index (χ1v) is 5.49. The third-order valence-corrected chi connectivity index (χ3v) is 2.61. The van der Waals surface area contributed by atoms with Gasteiger partial charge in [-0.1, -0.05) is 12.1 Å². The highest BCUT2D eigenvalue weighted by Gasteiger charge is 2.13. The van der Waals surface area contributed by atoms with Crippen LogP contribution in [-0.2, 0) is 9.59 Å². The highest BCUT2D eigenvalue weighted by Crippen LogP contribution is 2.22. The van der Waals surface area contributed by atoms with Crippen LogP contribution >= 0.6 is 0 Å². The van der Waals surface area contributed by atoms with E-state index in [0.717, 1.165) is 11.1 Å². The van der Waals surface area contributed by atoms with Crippen LogP contribution in [0.2, 0.25) is 0 Å². The molecule has 96 valence electrons. The molecule has 0 saturated carbocycles. The first-order chi connectivity index (χ1) is 9.08. The van der Waals surface area contributed by atoms with E-state index >= 15 is 0 Å². The van der Waals surface area contributed by atoms with Crippen molar-refractivity contribution in [2.75, 3.05) is 0 Å². The fourth-order valence-electron chi connectivity index (χ4n) is 1.76. The van der Waals surface area contributed by atoms with Crippen molar-refractivity contribution in [2.24, 2.45) is 0 Å². The van der Waals surface area contributed by atoms with Crippen molar-refractivity contribution in [1.29, 1.82) is 0 Å². The van der Waals surface area contributed by atoms with Gasteiger partial charge in [-0.3, -0.25) is 0 Å². The summed E-state index contributed by atoms with van der Waals surface area (Å²) in [6.45, 7) is 0. The van der Waals surface area contributed by atoms with Gasteiger partial charge in [-0.25, -0.2) is 9.59 Å². The predicted octanol–water partition coefficient (Wildman–Crippen LogP) is 1.78. The summed E-state index contributed by atoms with van der Waals surface area (Å²) in [4.78, 5) is 21.8. The average Bonchev–Trinajstić information content (AvgIpc) is 2.59. The van der Waals surface area contributed by atoms with Crippen LogP contribution in [-0.4, -0.2) is 22.2 Å². The summed E-state index contributed by atoms with van der Waals surface area (Å²) in [5, 5.41) is 20.7. The predicted molar refractivity (Wildman–Crippen MR) is 70.9 cm³/mol. The molecule has 0 atom stereocenters. The first kappa shape index (κ1) is 12.6. The Morgan fingerprint density at radius 3 is 2.37 bits per heavy atom. The molecule has 0 saturated heterocycles. The standard InChI is InChI=1S/C14H11NO4/c16-13(17)8-12(14(18)19)11-2-1-9-3-5-15-6-4-10(9)7-11/h1-8,15H,(H,16,17)(H,18,19)/b12-8+. The van der Waals surface area contributed by atoms with Gasteiger partial charge < -0.3 is 15.5 Å². The Labute approximate surface area is 109 Å². The number of carboxylic acid groups (broad SMARTS) is 2. The molecule has 0 aliphatic carbocycles. The Hall–Kier alpha value is -2.82. The second kappa shape index (κ2) is 5.22. The monoisotopic (exact) mass is 257 g/mol. The molecule has 0 radical (unpaired) electrons. The number of fused-ring (bicyclic) bond motifs is 1. The zero-order chi connectivity index (χ0) is 13.8. The third kappa shape index (κ3) is 2.90.